The van der Waals surface area contributed by atoms with E-state index in [-0.39, 0.29) is 6.04 Å². The molecular formula is C14H23BrN2S. The van der Waals surface area contributed by atoms with Crippen LogP contribution in [0.5, 0.6) is 0 Å². The van der Waals surface area contributed by atoms with E-state index in [9.17, 15) is 0 Å². The molecule has 1 aromatic heterocycles. The first-order valence-electron chi connectivity index (χ1n) is 6.90. The minimum absolute atomic E-state index is 0.188. The Morgan fingerprint density at radius 1 is 1.50 bits per heavy atom. The van der Waals surface area contributed by atoms with Gasteiger partial charge in [-0.05, 0) is 60.8 Å². The van der Waals surface area contributed by atoms with E-state index in [0.29, 0.717) is 6.04 Å². The molecule has 2 atom stereocenters. The van der Waals surface area contributed by atoms with Crippen molar-refractivity contribution in [2.24, 2.45) is 5.73 Å². The second kappa shape index (κ2) is 6.51. The Bertz CT molecular complexity index is 374. The lowest BCUT2D eigenvalue weighted by Crippen LogP contribution is -2.41. The molecular weight excluding hydrogens is 308 g/mol. The Balaban J connectivity index is 2.15. The average Bonchev–Trinajstić information content (AvgIpc) is 3.07. The van der Waals surface area contributed by atoms with Crippen LogP contribution in [0, 0.1) is 0 Å². The summed E-state index contributed by atoms with van der Waals surface area (Å²) in [5.41, 5.74) is 6.27. The normalized spacial score (nSPS) is 19.2. The number of thiophene rings is 1. The standard InChI is InChI=1S/C14H23BrN2S/c1-3-4-9-17(11-5-6-11)14(10(2)16)12-7-8-13(15)18-12/h7-8,10-11,14H,3-6,9,16H2,1-2H3. The lowest BCUT2D eigenvalue weighted by atomic mass is 10.1. The van der Waals surface area contributed by atoms with Crippen molar-refractivity contribution in [3.63, 3.8) is 0 Å². The quantitative estimate of drug-likeness (QED) is 0.813. The third-order valence-corrected chi connectivity index (χ3v) is 5.22. The highest BCUT2D eigenvalue weighted by atomic mass is 79.9. The van der Waals surface area contributed by atoms with Crippen molar-refractivity contribution in [3.8, 4) is 0 Å². The molecule has 0 radical (unpaired) electrons. The maximum atomic E-state index is 6.27. The molecule has 102 valence electrons. The zero-order valence-electron chi connectivity index (χ0n) is 11.2. The van der Waals surface area contributed by atoms with E-state index in [1.165, 1.54) is 40.9 Å². The lowest BCUT2D eigenvalue weighted by molar-refractivity contribution is 0.166. The molecule has 4 heteroatoms. The minimum Gasteiger partial charge on any atom is -0.326 e. The van der Waals surface area contributed by atoms with Crippen LogP contribution in [0.4, 0.5) is 0 Å². The molecule has 18 heavy (non-hydrogen) atoms. The molecule has 1 fully saturated rings. The monoisotopic (exact) mass is 330 g/mol. The zero-order chi connectivity index (χ0) is 13.1. The number of unbranched alkanes of at least 4 members (excludes halogenated alkanes) is 1. The molecule has 0 amide bonds. The molecule has 1 heterocycles. The van der Waals surface area contributed by atoms with Gasteiger partial charge in [0, 0.05) is 17.0 Å². The predicted molar refractivity (Wildman–Crippen MR) is 83.0 cm³/mol. The Kier molecular flexibility index (Phi) is 5.24. The van der Waals surface area contributed by atoms with Crippen molar-refractivity contribution >= 4 is 27.3 Å². The van der Waals surface area contributed by atoms with Crippen LogP contribution in [-0.4, -0.2) is 23.5 Å². The second-order valence-electron chi connectivity index (χ2n) is 5.27. The molecule has 0 spiro atoms. The summed E-state index contributed by atoms with van der Waals surface area (Å²) in [6, 6.07) is 5.71. The number of nitrogens with two attached hydrogens (primary N) is 1. The molecule has 1 aliphatic rings. The average molecular weight is 331 g/mol. The highest BCUT2D eigenvalue weighted by Gasteiger charge is 2.36. The first kappa shape index (κ1) is 14.5. The van der Waals surface area contributed by atoms with Crippen molar-refractivity contribution in [3.05, 3.63) is 20.8 Å². The van der Waals surface area contributed by atoms with E-state index in [1.54, 1.807) is 0 Å². The number of hydrogen-bond donors (Lipinski definition) is 1. The summed E-state index contributed by atoms with van der Waals surface area (Å²) in [5, 5.41) is 0. The van der Waals surface area contributed by atoms with Gasteiger partial charge in [0.05, 0.1) is 9.83 Å². The number of rotatable bonds is 7. The van der Waals surface area contributed by atoms with Crippen LogP contribution in [0.3, 0.4) is 0 Å². The zero-order valence-corrected chi connectivity index (χ0v) is 13.6. The SMILES string of the molecule is CCCCN(C1CC1)C(c1ccc(Br)s1)C(C)N. The van der Waals surface area contributed by atoms with Crippen LogP contribution < -0.4 is 5.73 Å². The van der Waals surface area contributed by atoms with Crippen molar-refractivity contribution < 1.29 is 0 Å². The summed E-state index contributed by atoms with van der Waals surface area (Å²) >= 11 is 5.39. The molecule has 0 saturated heterocycles. The van der Waals surface area contributed by atoms with E-state index in [1.807, 2.05) is 11.3 Å². The highest BCUT2D eigenvalue weighted by molar-refractivity contribution is 9.11. The van der Waals surface area contributed by atoms with Crippen LogP contribution in [-0.2, 0) is 0 Å². The van der Waals surface area contributed by atoms with Crippen molar-refractivity contribution in [1.82, 2.24) is 4.90 Å². The van der Waals surface area contributed by atoms with Crippen LogP contribution in [0.25, 0.3) is 0 Å². The third-order valence-electron chi connectivity index (χ3n) is 3.53. The Hall–Kier alpha value is 0.1000. The van der Waals surface area contributed by atoms with Crippen molar-refractivity contribution in [2.75, 3.05) is 6.54 Å². The smallest absolute Gasteiger partial charge is 0.0702 e. The number of hydrogen-bond acceptors (Lipinski definition) is 3. The summed E-state index contributed by atoms with van der Waals surface area (Å²) in [6.07, 6.45) is 5.22. The Morgan fingerprint density at radius 2 is 2.22 bits per heavy atom. The molecule has 2 unspecified atom stereocenters. The maximum absolute atomic E-state index is 6.27. The van der Waals surface area contributed by atoms with Crippen LogP contribution in [0.15, 0.2) is 15.9 Å². The van der Waals surface area contributed by atoms with Crippen molar-refractivity contribution in [1.29, 1.82) is 0 Å². The fraction of sp³-hybridized carbons (Fsp3) is 0.714. The van der Waals surface area contributed by atoms with E-state index in [2.05, 4.69) is 46.8 Å². The summed E-state index contributed by atoms with van der Waals surface area (Å²) in [5.74, 6) is 0. The predicted octanol–water partition coefficient (Wildman–Crippen LogP) is 4.16. The van der Waals surface area contributed by atoms with Gasteiger partial charge in [0.15, 0.2) is 0 Å². The molecule has 0 bridgehead atoms. The van der Waals surface area contributed by atoms with Gasteiger partial charge in [0.2, 0.25) is 0 Å². The molecule has 1 saturated carbocycles. The van der Waals surface area contributed by atoms with Gasteiger partial charge < -0.3 is 5.73 Å². The van der Waals surface area contributed by atoms with Crippen LogP contribution >= 0.6 is 27.3 Å². The summed E-state index contributed by atoms with van der Waals surface area (Å²) in [6.45, 7) is 5.58. The molecule has 1 aromatic rings. The largest absolute Gasteiger partial charge is 0.326 e. The molecule has 0 aliphatic heterocycles. The van der Waals surface area contributed by atoms with Gasteiger partial charge in [-0.3, -0.25) is 4.90 Å². The molecule has 1 aliphatic carbocycles. The highest BCUT2D eigenvalue weighted by Crippen LogP contribution is 2.39. The first-order valence-corrected chi connectivity index (χ1v) is 8.51. The molecule has 2 N–H and O–H groups in total. The van der Waals surface area contributed by atoms with Crippen LogP contribution in [0.2, 0.25) is 0 Å². The van der Waals surface area contributed by atoms with E-state index >= 15 is 0 Å². The second-order valence-corrected chi connectivity index (χ2v) is 7.76. The van der Waals surface area contributed by atoms with Gasteiger partial charge in [0.25, 0.3) is 0 Å². The topological polar surface area (TPSA) is 29.3 Å². The molecule has 0 aromatic carbocycles. The van der Waals surface area contributed by atoms with Gasteiger partial charge in [-0.15, -0.1) is 11.3 Å². The Morgan fingerprint density at radius 3 is 2.67 bits per heavy atom. The first-order chi connectivity index (χ1) is 8.63. The van der Waals surface area contributed by atoms with E-state index in [0.717, 1.165) is 6.04 Å². The summed E-state index contributed by atoms with van der Waals surface area (Å²) < 4.78 is 1.20. The van der Waals surface area contributed by atoms with Gasteiger partial charge in [-0.25, -0.2) is 0 Å². The molecule has 2 rings (SSSR count). The van der Waals surface area contributed by atoms with Crippen molar-refractivity contribution in [2.45, 2.75) is 57.7 Å². The number of halogens is 1. The van der Waals surface area contributed by atoms with E-state index in [4.69, 9.17) is 5.73 Å². The lowest BCUT2D eigenvalue weighted by Gasteiger charge is -2.34. The fourth-order valence-corrected chi connectivity index (χ4v) is 4.17. The Labute approximate surface area is 123 Å². The van der Waals surface area contributed by atoms with Crippen LogP contribution in [0.1, 0.15) is 50.4 Å². The van der Waals surface area contributed by atoms with E-state index < -0.39 is 0 Å². The van der Waals surface area contributed by atoms with Gasteiger partial charge in [0.1, 0.15) is 0 Å². The molecule has 2 nitrogen and oxygen atoms in total. The summed E-state index contributed by atoms with van der Waals surface area (Å²) in [7, 11) is 0. The van der Waals surface area contributed by atoms with Gasteiger partial charge in [-0.2, -0.15) is 0 Å². The maximum Gasteiger partial charge on any atom is 0.0702 e. The van der Waals surface area contributed by atoms with Gasteiger partial charge >= 0.3 is 0 Å². The fourth-order valence-electron chi connectivity index (χ4n) is 2.51. The van der Waals surface area contributed by atoms with Gasteiger partial charge in [-0.1, -0.05) is 13.3 Å². The minimum atomic E-state index is 0.188. The third kappa shape index (κ3) is 3.56. The summed E-state index contributed by atoms with van der Waals surface area (Å²) in [4.78, 5) is 4.05. The number of nitrogens with zero attached hydrogens (tertiary/aromatic N) is 1.